The Labute approximate surface area is 188 Å². The maximum absolute atomic E-state index is 12.4. The summed E-state index contributed by atoms with van der Waals surface area (Å²) in [6, 6.07) is 17.2. The molecule has 9 nitrogen and oxygen atoms in total. The first-order chi connectivity index (χ1) is 16.0. The Morgan fingerprint density at radius 3 is 2.27 bits per heavy atom. The van der Waals surface area contributed by atoms with Crippen LogP contribution >= 0.6 is 0 Å². The Morgan fingerprint density at radius 1 is 0.909 bits per heavy atom. The van der Waals surface area contributed by atoms with Crippen molar-refractivity contribution in [2.75, 3.05) is 13.2 Å². The molecule has 0 saturated heterocycles. The van der Waals surface area contributed by atoms with E-state index in [0.29, 0.717) is 41.2 Å². The van der Waals surface area contributed by atoms with E-state index in [9.17, 15) is 19.7 Å². The van der Waals surface area contributed by atoms with E-state index in [2.05, 4.69) is 4.98 Å². The van der Waals surface area contributed by atoms with Gasteiger partial charge in [-0.25, -0.2) is 4.98 Å². The monoisotopic (exact) mass is 442 g/mol. The first kappa shape index (κ1) is 20.4. The summed E-state index contributed by atoms with van der Waals surface area (Å²) in [6.45, 7) is 0.641. The molecular formula is C24H18N4O5. The quantitative estimate of drug-likeness (QED) is 0.185. The number of nitrogens with zero attached hydrogens (tertiary/aromatic N) is 4. The van der Waals surface area contributed by atoms with E-state index in [1.807, 2.05) is 24.3 Å². The molecule has 0 unspecified atom stereocenters. The highest BCUT2D eigenvalue weighted by molar-refractivity contribution is 6.21. The van der Waals surface area contributed by atoms with E-state index in [-0.39, 0.29) is 24.0 Å². The minimum absolute atomic E-state index is 0.00333. The number of benzene rings is 2. The maximum Gasteiger partial charge on any atom is 0.286 e. The summed E-state index contributed by atoms with van der Waals surface area (Å²) < 4.78 is 7.38. The first-order valence-corrected chi connectivity index (χ1v) is 10.3. The van der Waals surface area contributed by atoms with E-state index in [0.717, 1.165) is 5.56 Å². The minimum Gasteiger partial charge on any atom is -0.494 e. The third kappa shape index (κ3) is 3.80. The number of amides is 2. The number of hydrogen-bond donors (Lipinski definition) is 0. The van der Waals surface area contributed by atoms with Crippen LogP contribution in [0.25, 0.3) is 16.9 Å². The zero-order valence-electron chi connectivity index (χ0n) is 17.4. The zero-order chi connectivity index (χ0) is 22.9. The highest BCUT2D eigenvalue weighted by Gasteiger charge is 2.34. The lowest BCUT2D eigenvalue weighted by Gasteiger charge is -2.14. The molecule has 0 fully saturated rings. The van der Waals surface area contributed by atoms with Crippen molar-refractivity contribution in [3.05, 3.63) is 94.3 Å². The standard InChI is InChI=1S/C24H18N4O5/c29-23-19-4-1-2-5-20(19)24(30)27(23)12-3-13-33-18-9-6-16(7-10-18)21-15-26-14-17(28(31)32)8-11-22(26)25-21/h1-2,4-11,14-15H,3,12-13H2. The van der Waals surface area contributed by atoms with Gasteiger partial charge in [0.25, 0.3) is 17.5 Å². The van der Waals surface area contributed by atoms with Crippen molar-refractivity contribution in [3.8, 4) is 17.0 Å². The number of ether oxygens (including phenoxy) is 1. The molecule has 4 aromatic rings. The summed E-state index contributed by atoms with van der Waals surface area (Å²) in [5, 5.41) is 10.9. The summed E-state index contributed by atoms with van der Waals surface area (Å²) in [7, 11) is 0. The number of aromatic nitrogens is 2. The van der Waals surface area contributed by atoms with Crippen LogP contribution in [0.4, 0.5) is 5.69 Å². The van der Waals surface area contributed by atoms with E-state index in [1.54, 1.807) is 40.9 Å². The second-order valence-electron chi connectivity index (χ2n) is 7.57. The minimum atomic E-state index is -0.445. The van der Waals surface area contributed by atoms with Crippen molar-refractivity contribution in [1.82, 2.24) is 14.3 Å². The SMILES string of the molecule is O=C1c2ccccc2C(=O)N1CCCOc1ccc(-c2cn3cc([N+](=O)[O-])ccc3n2)cc1. The maximum atomic E-state index is 12.4. The number of rotatable bonds is 7. The number of pyridine rings is 1. The fourth-order valence-corrected chi connectivity index (χ4v) is 3.80. The molecule has 33 heavy (non-hydrogen) atoms. The van der Waals surface area contributed by atoms with Gasteiger partial charge < -0.3 is 4.74 Å². The number of carbonyl (C=O) groups is 2. The molecule has 0 spiro atoms. The number of nitro groups is 1. The van der Waals surface area contributed by atoms with Crippen molar-refractivity contribution < 1.29 is 19.2 Å². The average molecular weight is 442 g/mol. The molecule has 3 heterocycles. The second kappa shape index (κ2) is 8.19. The summed E-state index contributed by atoms with van der Waals surface area (Å²) in [5.41, 5.74) is 3.04. The summed E-state index contributed by atoms with van der Waals surface area (Å²) in [5.74, 6) is 0.121. The summed E-state index contributed by atoms with van der Waals surface area (Å²) >= 11 is 0. The molecule has 5 rings (SSSR count). The van der Waals surface area contributed by atoms with Crippen LogP contribution in [0, 0.1) is 10.1 Å². The van der Waals surface area contributed by atoms with Gasteiger partial charge >= 0.3 is 0 Å². The van der Waals surface area contributed by atoms with E-state index in [4.69, 9.17) is 4.74 Å². The molecule has 2 amide bonds. The lowest BCUT2D eigenvalue weighted by atomic mass is 10.1. The van der Waals surface area contributed by atoms with Crippen LogP contribution in [0.5, 0.6) is 5.75 Å². The molecule has 164 valence electrons. The molecule has 0 saturated carbocycles. The molecule has 0 bridgehead atoms. The van der Waals surface area contributed by atoms with Gasteiger partial charge in [-0.3, -0.25) is 29.0 Å². The third-order valence-corrected chi connectivity index (χ3v) is 5.47. The molecule has 2 aromatic heterocycles. The lowest BCUT2D eigenvalue weighted by molar-refractivity contribution is -0.385. The van der Waals surface area contributed by atoms with Gasteiger partial charge in [-0.15, -0.1) is 0 Å². The molecule has 1 aliphatic rings. The largest absolute Gasteiger partial charge is 0.494 e. The smallest absolute Gasteiger partial charge is 0.286 e. The van der Waals surface area contributed by atoms with Gasteiger partial charge in [0.05, 0.1) is 34.5 Å². The van der Waals surface area contributed by atoms with Crippen LogP contribution in [0.3, 0.4) is 0 Å². The van der Waals surface area contributed by atoms with Crippen LogP contribution in [0.2, 0.25) is 0 Å². The predicted molar refractivity (Wildman–Crippen MR) is 119 cm³/mol. The van der Waals surface area contributed by atoms with Gasteiger partial charge in [0.1, 0.15) is 11.4 Å². The molecule has 9 heteroatoms. The highest BCUT2D eigenvalue weighted by atomic mass is 16.6. The number of fused-ring (bicyclic) bond motifs is 2. The Balaban J connectivity index is 1.18. The summed E-state index contributed by atoms with van der Waals surface area (Å²) in [6.07, 6.45) is 3.68. The van der Waals surface area contributed by atoms with E-state index >= 15 is 0 Å². The Bertz CT molecular complexity index is 1360. The van der Waals surface area contributed by atoms with Gasteiger partial charge in [0, 0.05) is 24.4 Å². The fourth-order valence-electron chi connectivity index (χ4n) is 3.80. The number of hydrogen-bond acceptors (Lipinski definition) is 6. The topological polar surface area (TPSA) is 107 Å². The number of carbonyl (C=O) groups excluding carboxylic acids is 2. The first-order valence-electron chi connectivity index (χ1n) is 10.3. The highest BCUT2D eigenvalue weighted by Crippen LogP contribution is 2.25. The van der Waals surface area contributed by atoms with Crippen molar-refractivity contribution in [3.63, 3.8) is 0 Å². The van der Waals surface area contributed by atoms with Crippen LogP contribution in [-0.2, 0) is 0 Å². The molecule has 2 aromatic carbocycles. The Kier molecular flexibility index (Phi) is 5.06. The number of imide groups is 1. The van der Waals surface area contributed by atoms with Crippen molar-refractivity contribution in [2.24, 2.45) is 0 Å². The Hall–Kier alpha value is -4.53. The molecule has 0 radical (unpaired) electrons. The molecule has 1 aliphatic heterocycles. The van der Waals surface area contributed by atoms with Gasteiger partial charge in [0.2, 0.25) is 0 Å². The molecule has 0 aliphatic carbocycles. The molecule has 0 N–H and O–H groups in total. The zero-order valence-corrected chi connectivity index (χ0v) is 17.4. The second-order valence-corrected chi connectivity index (χ2v) is 7.57. The fraction of sp³-hybridized carbons (Fsp3) is 0.125. The average Bonchev–Trinajstić information content (AvgIpc) is 3.36. The van der Waals surface area contributed by atoms with Crippen molar-refractivity contribution in [1.29, 1.82) is 0 Å². The molecular weight excluding hydrogens is 424 g/mol. The van der Waals surface area contributed by atoms with E-state index in [1.165, 1.54) is 17.2 Å². The lowest BCUT2D eigenvalue weighted by Crippen LogP contribution is -2.31. The normalized spacial score (nSPS) is 12.9. The van der Waals surface area contributed by atoms with Gasteiger partial charge in [-0.05, 0) is 48.9 Å². The van der Waals surface area contributed by atoms with E-state index < -0.39 is 4.92 Å². The van der Waals surface area contributed by atoms with Crippen molar-refractivity contribution in [2.45, 2.75) is 6.42 Å². The predicted octanol–water partition coefficient (Wildman–Crippen LogP) is 3.97. The van der Waals surface area contributed by atoms with Gasteiger partial charge in [0.15, 0.2) is 0 Å². The van der Waals surface area contributed by atoms with Crippen LogP contribution in [0.1, 0.15) is 27.1 Å². The Morgan fingerprint density at radius 2 is 1.61 bits per heavy atom. The van der Waals surface area contributed by atoms with Crippen LogP contribution in [-0.4, -0.2) is 44.2 Å². The van der Waals surface area contributed by atoms with Crippen molar-refractivity contribution >= 4 is 23.1 Å². The van der Waals surface area contributed by atoms with Gasteiger partial charge in [-0.1, -0.05) is 12.1 Å². The molecule has 0 atom stereocenters. The van der Waals surface area contributed by atoms with Crippen LogP contribution < -0.4 is 4.74 Å². The van der Waals surface area contributed by atoms with Gasteiger partial charge in [-0.2, -0.15) is 0 Å². The summed E-state index contributed by atoms with van der Waals surface area (Å²) in [4.78, 5) is 41.0. The number of imidazole rings is 1. The van der Waals surface area contributed by atoms with Crippen LogP contribution in [0.15, 0.2) is 73.1 Å². The third-order valence-electron chi connectivity index (χ3n) is 5.47.